The molecular weight excluding hydrogens is 156 g/mol. The Morgan fingerprint density at radius 1 is 1.27 bits per heavy atom. The Hall–Kier alpha value is -1.29. The zero-order chi connectivity index (χ0) is 8.10. The molecule has 0 saturated carbocycles. The Morgan fingerprint density at radius 3 is 2.45 bits per heavy atom. The van der Waals surface area contributed by atoms with Gasteiger partial charge in [-0.25, -0.2) is 4.79 Å². The number of urea groups is 1. The Morgan fingerprint density at radius 2 is 1.91 bits per heavy atom. The molecular formula is C7H10N2OSi. The van der Waals surface area contributed by atoms with Gasteiger partial charge in [0.2, 0.25) is 0 Å². The topological polar surface area (TPSA) is 41.1 Å². The van der Waals surface area contributed by atoms with Gasteiger partial charge in [0.1, 0.15) is 10.4 Å². The van der Waals surface area contributed by atoms with E-state index < -0.39 is 0 Å². The van der Waals surface area contributed by atoms with Gasteiger partial charge in [-0.15, -0.1) is 0 Å². The Bertz CT molecular complexity index is 237. The summed E-state index contributed by atoms with van der Waals surface area (Å²) in [6, 6.07) is 9.21. The van der Waals surface area contributed by atoms with Crippen LogP contribution in [0.1, 0.15) is 0 Å². The molecule has 0 aliphatic heterocycles. The molecule has 0 aliphatic rings. The third kappa shape index (κ3) is 2.43. The van der Waals surface area contributed by atoms with Gasteiger partial charge in [-0.3, -0.25) is 0 Å². The van der Waals surface area contributed by atoms with Crippen molar-refractivity contribution in [3.05, 3.63) is 30.3 Å². The van der Waals surface area contributed by atoms with Gasteiger partial charge in [-0.2, -0.15) is 0 Å². The molecule has 11 heavy (non-hydrogen) atoms. The lowest BCUT2D eigenvalue weighted by molar-refractivity contribution is 0.257. The normalized spacial score (nSPS) is 9.09. The molecule has 0 heterocycles. The van der Waals surface area contributed by atoms with Gasteiger partial charge >= 0.3 is 6.03 Å². The fourth-order valence-corrected chi connectivity index (χ4v) is 0.840. The predicted octanol–water partition coefficient (Wildman–Crippen LogP) is 0.0885. The maximum absolute atomic E-state index is 10.8. The zero-order valence-corrected chi connectivity index (χ0v) is 8.29. The number of hydrogen-bond acceptors (Lipinski definition) is 1. The molecule has 0 bridgehead atoms. The minimum atomic E-state index is -0.136. The van der Waals surface area contributed by atoms with E-state index >= 15 is 0 Å². The first-order valence-corrected chi connectivity index (χ1v) is 4.36. The summed E-state index contributed by atoms with van der Waals surface area (Å²) >= 11 is 0. The smallest absolute Gasteiger partial charge is 0.310 e. The highest BCUT2D eigenvalue weighted by Crippen LogP contribution is 2.03. The van der Waals surface area contributed by atoms with Crippen molar-refractivity contribution >= 4 is 22.1 Å². The molecule has 0 radical (unpaired) electrons. The molecule has 1 rings (SSSR count). The van der Waals surface area contributed by atoms with Crippen molar-refractivity contribution in [2.24, 2.45) is 0 Å². The largest absolute Gasteiger partial charge is 0.373 e. The molecule has 0 fully saturated rings. The fourth-order valence-electron chi connectivity index (χ4n) is 0.715. The Labute approximate surface area is 68.3 Å². The summed E-state index contributed by atoms with van der Waals surface area (Å²) in [5.41, 5.74) is 0.820. The molecule has 0 spiro atoms. The van der Waals surface area contributed by atoms with E-state index in [-0.39, 0.29) is 6.03 Å². The molecule has 1 aromatic rings. The summed E-state index contributed by atoms with van der Waals surface area (Å²) in [5, 5.41) is 2.68. The number of rotatable bonds is 1. The van der Waals surface area contributed by atoms with Crippen molar-refractivity contribution in [1.82, 2.24) is 4.98 Å². The molecule has 3 nitrogen and oxygen atoms in total. The molecule has 0 unspecified atom stereocenters. The minimum absolute atomic E-state index is 0.136. The number of anilines is 1. The second-order valence-electron chi connectivity index (χ2n) is 2.07. The van der Waals surface area contributed by atoms with Crippen molar-refractivity contribution in [3.8, 4) is 0 Å². The van der Waals surface area contributed by atoms with Crippen LogP contribution in [0.15, 0.2) is 30.3 Å². The first-order chi connectivity index (χ1) is 5.33. The van der Waals surface area contributed by atoms with Crippen LogP contribution in [0.25, 0.3) is 0 Å². The van der Waals surface area contributed by atoms with Crippen LogP contribution in [0.2, 0.25) is 0 Å². The molecule has 1 aromatic carbocycles. The third-order valence-corrected chi connectivity index (χ3v) is 1.71. The average molecular weight is 166 g/mol. The fraction of sp³-hybridized carbons (Fsp3) is 0. The van der Waals surface area contributed by atoms with Gasteiger partial charge in [0.15, 0.2) is 0 Å². The third-order valence-electron chi connectivity index (χ3n) is 1.26. The number of hydrogen-bond donors (Lipinski definition) is 2. The van der Waals surface area contributed by atoms with E-state index in [2.05, 4.69) is 10.3 Å². The van der Waals surface area contributed by atoms with Crippen LogP contribution in [0.3, 0.4) is 0 Å². The number of benzene rings is 1. The van der Waals surface area contributed by atoms with Gasteiger partial charge in [0, 0.05) is 5.69 Å². The van der Waals surface area contributed by atoms with Gasteiger partial charge in [-0.05, 0) is 12.1 Å². The van der Waals surface area contributed by atoms with Crippen LogP contribution in [0.4, 0.5) is 10.5 Å². The number of carbonyl (C=O) groups is 1. The van der Waals surface area contributed by atoms with Crippen molar-refractivity contribution in [3.63, 3.8) is 0 Å². The highest BCUT2D eigenvalue weighted by atomic mass is 28.2. The summed E-state index contributed by atoms with van der Waals surface area (Å²) in [4.78, 5) is 13.4. The van der Waals surface area contributed by atoms with E-state index in [1.165, 1.54) is 0 Å². The van der Waals surface area contributed by atoms with Crippen molar-refractivity contribution < 1.29 is 4.79 Å². The number of para-hydroxylation sites is 1. The molecule has 58 valence electrons. The van der Waals surface area contributed by atoms with Crippen LogP contribution < -0.4 is 10.3 Å². The lowest BCUT2D eigenvalue weighted by atomic mass is 10.3. The van der Waals surface area contributed by atoms with E-state index in [4.69, 9.17) is 0 Å². The first-order valence-electron chi connectivity index (χ1n) is 3.36. The van der Waals surface area contributed by atoms with Gasteiger partial charge in [-0.1, -0.05) is 18.2 Å². The maximum atomic E-state index is 10.8. The quantitative estimate of drug-likeness (QED) is 0.570. The van der Waals surface area contributed by atoms with Crippen LogP contribution in [-0.4, -0.2) is 16.4 Å². The van der Waals surface area contributed by atoms with Crippen molar-refractivity contribution in [1.29, 1.82) is 0 Å². The summed E-state index contributed by atoms with van der Waals surface area (Å²) in [5.74, 6) is 0. The lowest BCUT2D eigenvalue weighted by Crippen LogP contribution is -2.25. The zero-order valence-electron chi connectivity index (χ0n) is 6.29. The Balaban J connectivity index is 2.58. The molecule has 0 aromatic heterocycles. The van der Waals surface area contributed by atoms with Crippen molar-refractivity contribution in [2.45, 2.75) is 0 Å². The monoisotopic (exact) mass is 166 g/mol. The van der Waals surface area contributed by atoms with Crippen LogP contribution in [-0.2, 0) is 0 Å². The van der Waals surface area contributed by atoms with Crippen LogP contribution in [0.5, 0.6) is 0 Å². The molecule has 4 heteroatoms. The highest BCUT2D eigenvalue weighted by molar-refractivity contribution is 6.16. The maximum Gasteiger partial charge on any atom is 0.310 e. The highest BCUT2D eigenvalue weighted by Gasteiger charge is 1.94. The molecule has 0 saturated heterocycles. The number of carbonyl (C=O) groups excluding carboxylic acids is 1. The van der Waals surface area contributed by atoms with Crippen LogP contribution in [0, 0.1) is 0 Å². The van der Waals surface area contributed by atoms with Gasteiger partial charge in [0.05, 0.1) is 0 Å². The second kappa shape index (κ2) is 3.77. The van der Waals surface area contributed by atoms with E-state index in [1.807, 2.05) is 30.3 Å². The number of amides is 2. The standard InChI is InChI=1S/C7H10N2OSi/c10-7(9-11)8-6-4-2-1-3-5-6/h1-5H,11H3,(H2,8,9,10). The van der Waals surface area contributed by atoms with Crippen LogP contribution >= 0.6 is 0 Å². The predicted molar refractivity (Wildman–Crippen MR) is 48.5 cm³/mol. The minimum Gasteiger partial charge on any atom is -0.373 e. The van der Waals surface area contributed by atoms with E-state index in [9.17, 15) is 4.79 Å². The van der Waals surface area contributed by atoms with Crippen molar-refractivity contribution in [2.75, 3.05) is 5.32 Å². The SMILES string of the molecule is O=C(N[SiH3])Nc1ccccc1. The first kappa shape index (κ1) is 7.81. The van der Waals surface area contributed by atoms with E-state index in [0.29, 0.717) is 10.4 Å². The Kier molecular flexibility index (Phi) is 2.68. The summed E-state index contributed by atoms with van der Waals surface area (Å²) < 4.78 is 0. The average Bonchev–Trinajstić information content (AvgIpc) is 2.06. The number of nitrogens with one attached hydrogen (secondary N) is 2. The summed E-state index contributed by atoms with van der Waals surface area (Å²) in [6.45, 7) is 0. The lowest BCUT2D eigenvalue weighted by Gasteiger charge is -2.02. The summed E-state index contributed by atoms with van der Waals surface area (Å²) in [7, 11) is 0.672. The molecule has 0 aliphatic carbocycles. The summed E-state index contributed by atoms with van der Waals surface area (Å²) in [6.07, 6.45) is 0. The second-order valence-corrected chi connectivity index (χ2v) is 2.57. The van der Waals surface area contributed by atoms with Gasteiger partial charge in [0.25, 0.3) is 0 Å². The molecule has 0 atom stereocenters. The molecule has 2 N–H and O–H groups in total. The van der Waals surface area contributed by atoms with E-state index in [1.54, 1.807) is 0 Å². The van der Waals surface area contributed by atoms with Gasteiger partial charge < -0.3 is 10.3 Å². The molecule has 2 amide bonds. The van der Waals surface area contributed by atoms with E-state index in [0.717, 1.165) is 5.69 Å².